The quantitative estimate of drug-likeness (QED) is 0.835. The Labute approximate surface area is 95.0 Å². The second-order valence-electron chi connectivity index (χ2n) is 3.38. The van der Waals surface area contributed by atoms with Gasteiger partial charge >= 0.3 is 0 Å². The van der Waals surface area contributed by atoms with Gasteiger partial charge in [-0.3, -0.25) is 4.79 Å². The maximum atomic E-state index is 13.1. The van der Waals surface area contributed by atoms with Gasteiger partial charge in [0.2, 0.25) is 0 Å². The van der Waals surface area contributed by atoms with Gasteiger partial charge in [0.25, 0.3) is 5.91 Å². The molecule has 14 heavy (non-hydrogen) atoms. The molecule has 0 aromatic heterocycles. The normalized spacial score (nSPS) is 15.3. The van der Waals surface area contributed by atoms with Gasteiger partial charge in [0.05, 0.1) is 0 Å². The summed E-state index contributed by atoms with van der Waals surface area (Å²) in [4.78, 5) is 11.5. The Kier molecular flexibility index (Phi) is 2.71. The molecule has 1 amide bonds. The molecule has 4 heteroatoms. The van der Waals surface area contributed by atoms with Crippen molar-refractivity contribution in [2.45, 2.75) is 18.9 Å². The molecule has 0 radical (unpaired) electrons. The summed E-state index contributed by atoms with van der Waals surface area (Å²) < 4.78 is 13.6. The van der Waals surface area contributed by atoms with E-state index in [9.17, 15) is 9.18 Å². The smallest absolute Gasteiger partial charge is 0.251 e. The van der Waals surface area contributed by atoms with Crippen LogP contribution < -0.4 is 5.32 Å². The Morgan fingerprint density at radius 1 is 1.50 bits per heavy atom. The number of hydrogen-bond donors (Lipinski definition) is 1. The molecule has 1 aliphatic rings. The Morgan fingerprint density at radius 2 is 2.21 bits per heavy atom. The standard InChI is InChI=1S/C10H9FINO/c11-8-5-6(1-4-9(8)12)10(14)13-7-2-3-7/h1,4-5,7H,2-3H2,(H,13,14). The van der Waals surface area contributed by atoms with E-state index in [-0.39, 0.29) is 11.7 Å². The Morgan fingerprint density at radius 3 is 2.79 bits per heavy atom. The van der Waals surface area contributed by atoms with Gasteiger partial charge in [0, 0.05) is 15.2 Å². The third-order valence-electron chi connectivity index (χ3n) is 2.09. The molecule has 0 heterocycles. The lowest BCUT2D eigenvalue weighted by Crippen LogP contribution is -2.25. The monoisotopic (exact) mass is 305 g/mol. The number of hydrogen-bond acceptors (Lipinski definition) is 1. The Hall–Kier alpha value is -0.650. The lowest BCUT2D eigenvalue weighted by atomic mass is 10.2. The SMILES string of the molecule is O=C(NC1CC1)c1ccc(I)c(F)c1. The fraction of sp³-hybridized carbons (Fsp3) is 0.300. The fourth-order valence-electron chi connectivity index (χ4n) is 1.13. The largest absolute Gasteiger partial charge is 0.349 e. The van der Waals surface area contributed by atoms with E-state index in [4.69, 9.17) is 0 Å². The zero-order valence-corrected chi connectivity index (χ0v) is 9.55. The average molecular weight is 305 g/mol. The van der Waals surface area contributed by atoms with E-state index in [0.29, 0.717) is 15.2 Å². The number of rotatable bonds is 2. The predicted molar refractivity (Wildman–Crippen MR) is 59.6 cm³/mol. The molecule has 0 unspecified atom stereocenters. The lowest BCUT2D eigenvalue weighted by molar-refractivity contribution is 0.0950. The molecular weight excluding hydrogens is 296 g/mol. The van der Waals surface area contributed by atoms with E-state index >= 15 is 0 Å². The highest BCUT2D eigenvalue weighted by molar-refractivity contribution is 14.1. The molecule has 0 bridgehead atoms. The van der Waals surface area contributed by atoms with Crippen LogP contribution in [-0.2, 0) is 0 Å². The summed E-state index contributed by atoms with van der Waals surface area (Å²) in [6.07, 6.45) is 2.08. The first kappa shape index (κ1) is 9.89. The van der Waals surface area contributed by atoms with Crippen molar-refractivity contribution in [3.05, 3.63) is 33.1 Å². The van der Waals surface area contributed by atoms with Crippen LogP contribution in [0.4, 0.5) is 4.39 Å². The summed E-state index contributed by atoms with van der Waals surface area (Å²) >= 11 is 1.90. The van der Waals surface area contributed by atoms with Crippen molar-refractivity contribution >= 4 is 28.5 Å². The number of halogens is 2. The van der Waals surface area contributed by atoms with Gasteiger partial charge in [-0.05, 0) is 53.6 Å². The van der Waals surface area contributed by atoms with E-state index in [1.807, 2.05) is 22.6 Å². The van der Waals surface area contributed by atoms with E-state index < -0.39 is 0 Å². The number of carbonyl (C=O) groups is 1. The number of carbonyl (C=O) groups excluding carboxylic acids is 1. The third-order valence-corrected chi connectivity index (χ3v) is 2.97. The van der Waals surface area contributed by atoms with Crippen LogP contribution >= 0.6 is 22.6 Å². The maximum Gasteiger partial charge on any atom is 0.251 e. The molecule has 1 aromatic rings. The van der Waals surface area contributed by atoms with Crippen molar-refractivity contribution < 1.29 is 9.18 Å². The van der Waals surface area contributed by atoms with Crippen molar-refractivity contribution in [2.75, 3.05) is 0 Å². The maximum absolute atomic E-state index is 13.1. The first-order chi connectivity index (χ1) is 6.66. The number of amides is 1. The zero-order valence-electron chi connectivity index (χ0n) is 7.39. The van der Waals surface area contributed by atoms with Crippen molar-refractivity contribution in [2.24, 2.45) is 0 Å². The second-order valence-corrected chi connectivity index (χ2v) is 4.54. The van der Waals surface area contributed by atoms with E-state index in [0.717, 1.165) is 12.8 Å². The van der Waals surface area contributed by atoms with Crippen molar-refractivity contribution in [1.29, 1.82) is 0 Å². The topological polar surface area (TPSA) is 29.1 Å². The Balaban J connectivity index is 2.14. The van der Waals surface area contributed by atoms with Crippen LogP contribution in [0.3, 0.4) is 0 Å². The zero-order chi connectivity index (χ0) is 10.1. The summed E-state index contributed by atoms with van der Waals surface area (Å²) in [5.41, 5.74) is 0.398. The molecule has 1 N–H and O–H groups in total. The summed E-state index contributed by atoms with van der Waals surface area (Å²) in [5, 5.41) is 2.81. The van der Waals surface area contributed by atoms with Gasteiger partial charge < -0.3 is 5.32 Å². The van der Waals surface area contributed by atoms with Gasteiger partial charge in [0.15, 0.2) is 0 Å². The minimum absolute atomic E-state index is 0.178. The number of benzene rings is 1. The van der Waals surface area contributed by atoms with Gasteiger partial charge in [-0.1, -0.05) is 0 Å². The molecule has 0 aliphatic heterocycles. The fourth-order valence-corrected chi connectivity index (χ4v) is 1.47. The summed E-state index contributed by atoms with van der Waals surface area (Å²) in [7, 11) is 0. The van der Waals surface area contributed by atoms with E-state index in [1.165, 1.54) is 6.07 Å². The molecule has 1 fully saturated rings. The molecule has 2 rings (SSSR count). The van der Waals surface area contributed by atoms with Crippen molar-refractivity contribution in [1.82, 2.24) is 5.32 Å². The minimum atomic E-state index is -0.339. The van der Waals surface area contributed by atoms with Crippen molar-refractivity contribution in [3.63, 3.8) is 0 Å². The molecule has 1 aliphatic carbocycles. The molecule has 0 spiro atoms. The summed E-state index contributed by atoms with van der Waals surface area (Å²) in [5.74, 6) is -0.517. The molecule has 1 saturated carbocycles. The van der Waals surface area contributed by atoms with E-state index in [2.05, 4.69) is 5.32 Å². The van der Waals surface area contributed by atoms with Crippen LogP contribution in [0.2, 0.25) is 0 Å². The van der Waals surface area contributed by atoms with Crippen LogP contribution in [0, 0.1) is 9.39 Å². The Bertz CT molecular complexity index is 376. The highest BCUT2D eigenvalue weighted by atomic mass is 127. The third kappa shape index (κ3) is 2.23. The molecule has 0 saturated heterocycles. The minimum Gasteiger partial charge on any atom is -0.349 e. The highest BCUT2D eigenvalue weighted by Crippen LogP contribution is 2.20. The summed E-state index contributed by atoms with van der Waals surface area (Å²) in [6, 6.07) is 4.84. The van der Waals surface area contributed by atoms with Crippen LogP contribution in [0.15, 0.2) is 18.2 Å². The summed E-state index contributed by atoms with van der Waals surface area (Å²) in [6.45, 7) is 0. The molecular formula is C10H9FINO. The molecule has 0 atom stereocenters. The predicted octanol–water partition coefficient (Wildman–Crippen LogP) is 2.32. The van der Waals surface area contributed by atoms with Crippen LogP contribution in [-0.4, -0.2) is 11.9 Å². The van der Waals surface area contributed by atoms with Gasteiger partial charge in [-0.25, -0.2) is 4.39 Å². The van der Waals surface area contributed by atoms with Crippen LogP contribution in [0.5, 0.6) is 0 Å². The number of nitrogens with one attached hydrogen (secondary N) is 1. The first-order valence-corrected chi connectivity index (χ1v) is 5.50. The highest BCUT2D eigenvalue weighted by Gasteiger charge is 2.23. The molecule has 2 nitrogen and oxygen atoms in total. The van der Waals surface area contributed by atoms with Gasteiger partial charge in [-0.2, -0.15) is 0 Å². The second kappa shape index (κ2) is 3.84. The average Bonchev–Trinajstić information content (AvgIpc) is 2.93. The van der Waals surface area contributed by atoms with E-state index in [1.54, 1.807) is 12.1 Å². The molecule has 1 aromatic carbocycles. The molecule has 74 valence electrons. The van der Waals surface area contributed by atoms with Crippen LogP contribution in [0.1, 0.15) is 23.2 Å². The van der Waals surface area contributed by atoms with Crippen LogP contribution in [0.25, 0.3) is 0 Å². The van der Waals surface area contributed by atoms with Gasteiger partial charge in [-0.15, -0.1) is 0 Å². The lowest BCUT2D eigenvalue weighted by Gasteiger charge is -2.03. The first-order valence-electron chi connectivity index (χ1n) is 4.43. The van der Waals surface area contributed by atoms with Gasteiger partial charge in [0.1, 0.15) is 5.82 Å². The van der Waals surface area contributed by atoms with Crippen molar-refractivity contribution in [3.8, 4) is 0 Å².